The molecule has 4 heteroatoms. The molecule has 1 unspecified atom stereocenters. The van der Waals surface area contributed by atoms with Gasteiger partial charge in [0.1, 0.15) is 0 Å². The van der Waals surface area contributed by atoms with Gasteiger partial charge in [-0.2, -0.15) is 0 Å². The highest BCUT2D eigenvalue weighted by atomic mass is 79.9. The Morgan fingerprint density at radius 1 is 1.09 bits per heavy atom. The Kier molecular flexibility index (Phi) is 4.53. The van der Waals surface area contributed by atoms with Gasteiger partial charge in [-0.25, -0.2) is 4.68 Å². The lowest BCUT2D eigenvalue weighted by molar-refractivity contribution is 0.542. The summed E-state index contributed by atoms with van der Waals surface area (Å²) in [5.74, 6) is 0. The first kappa shape index (κ1) is 15.8. The van der Waals surface area contributed by atoms with Crippen LogP contribution < -0.4 is 5.56 Å². The summed E-state index contributed by atoms with van der Waals surface area (Å²) in [6, 6.07) is 17.9. The fourth-order valence-electron chi connectivity index (χ4n) is 2.82. The van der Waals surface area contributed by atoms with Gasteiger partial charge in [0.05, 0.1) is 11.6 Å². The lowest BCUT2D eigenvalue weighted by Crippen LogP contribution is -2.22. The van der Waals surface area contributed by atoms with Gasteiger partial charge in [-0.1, -0.05) is 65.3 Å². The lowest BCUT2D eigenvalue weighted by Gasteiger charge is -2.13. The van der Waals surface area contributed by atoms with Crippen LogP contribution in [0.25, 0.3) is 11.1 Å². The second-order valence-electron chi connectivity index (χ2n) is 5.59. The fraction of sp³-hybridized carbons (Fsp3) is 0.211. The third-order valence-corrected chi connectivity index (χ3v) is 4.67. The number of halogens is 1. The van der Waals surface area contributed by atoms with Gasteiger partial charge in [0, 0.05) is 10.2 Å². The van der Waals surface area contributed by atoms with Crippen LogP contribution in [0.3, 0.4) is 0 Å². The van der Waals surface area contributed by atoms with Crippen molar-refractivity contribution in [1.82, 2.24) is 9.78 Å². The van der Waals surface area contributed by atoms with Gasteiger partial charge in [-0.3, -0.25) is 9.89 Å². The van der Waals surface area contributed by atoms with Crippen molar-refractivity contribution in [3.63, 3.8) is 0 Å². The number of benzene rings is 2. The molecule has 0 spiro atoms. The van der Waals surface area contributed by atoms with Crippen LogP contribution in [0, 0.1) is 0 Å². The molecule has 0 amide bonds. The molecule has 1 atom stereocenters. The minimum absolute atomic E-state index is 0.0310. The Balaban J connectivity index is 2.09. The molecule has 118 valence electrons. The monoisotopic (exact) mass is 370 g/mol. The number of nitrogens with zero attached hydrogens (tertiary/aromatic N) is 1. The minimum Gasteiger partial charge on any atom is -0.299 e. The normalized spacial score (nSPS) is 12.3. The summed E-state index contributed by atoms with van der Waals surface area (Å²) in [6.07, 6.45) is 0.791. The first-order valence-electron chi connectivity index (χ1n) is 7.76. The lowest BCUT2D eigenvalue weighted by atomic mass is 10.1. The SMILES string of the molecule is CCc1[nH]n(C(C)c2ccc(Br)cc2)c(=O)c1-c1ccccc1. The molecule has 2 aromatic carbocycles. The maximum atomic E-state index is 13.0. The van der Waals surface area contributed by atoms with Crippen LogP contribution in [0.1, 0.15) is 31.1 Å². The molecule has 1 heterocycles. The average molecular weight is 371 g/mol. The van der Waals surface area contributed by atoms with Crippen LogP contribution in [0.5, 0.6) is 0 Å². The number of aromatic nitrogens is 2. The number of aromatic amines is 1. The van der Waals surface area contributed by atoms with E-state index in [-0.39, 0.29) is 11.6 Å². The van der Waals surface area contributed by atoms with E-state index in [9.17, 15) is 4.79 Å². The van der Waals surface area contributed by atoms with E-state index < -0.39 is 0 Å². The maximum absolute atomic E-state index is 13.0. The first-order valence-corrected chi connectivity index (χ1v) is 8.55. The number of rotatable bonds is 4. The Labute approximate surface area is 144 Å². The second-order valence-corrected chi connectivity index (χ2v) is 6.50. The smallest absolute Gasteiger partial charge is 0.275 e. The summed E-state index contributed by atoms with van der Waals surface area (Å²) in [4.78, 5) is 13.0. The van der Waals surface area contributed by atoms with Crippen LogP contribution in [-0.4, -0.2) is 9.78 Å². The number of hydrogen-bond donors (Lipinski definition) is 1. The Morgan fingerprint density at radius 2 is 1.74 bits per heavy atom. The number of nitrogens with one attached hydrogen (secondary N) is 1. The van der Waals surface area contributed by atoms with E-state index >= 15 is 0 Å². The molecule has 1 N–H and O–H groups in total. The van der Waals surface area contributed by atoms with Crippen molar-refractivity contribution in [3.8, 4) is 11.1 Å². The second kappa shape index (κ2) is 6.59. The minimum atomic E-state index is -0.0432. The summed E-state index contributed by atoms with van der Waals surface area (Å²) in [6.45, 7) is 4.10. The molecule has 0 radical (unpaired) electrons. The van der Waals surface area contributed by atoms with Crippen LogP contribution >= 0.6 is 15.9 Å². The zero-order valence-electron chi connectivity index (χ0n) is 13.2. The number of H-pyrrole nitrogens is 1. The Morgan fingerprint density at radius 3 is 2.35 bits per heavy atom. The molecule has 0 bridgehead atoms. The van der Waals surface area contributed by atoms with E-state index in [1.807, 2.05) is 61.5 Å². The van der Waals surface area contributed by atoms with E-state index in [4.69, 9.17) is 0 Å². The first-order chi connectivity index (χ1) is 11.1. The van der Waals surface area contributed by atoms with Crippen LogP contribution in [-0.2, 0) is 6.42 Å². The van der Waals surface area contributed by atoms with Gasteiger partial charge in [-0.05, 0) is 36.6 Å². The van der Waals surface area contributed by atoms with Crippen molar-refractivity contribution in [2.45, 2.75) is 26.3 Å². The molecule has 0 aliphatic rings. The molecule has 1 aromatic heterocycles. The van der Waals surface area contributed by atoms with Crippen molar-refractivity contribution in [3.05, 3.63) is 80.7 Å². The third-order valence-electron chi connectivity index (χ3n) is 4.15. The average Bonchev–Trinajstić information content (AvgIpc) is 2.92. The molecular weight excluding hydrogens is 352 g/mol. The van der Waals surface area contributed by atoms with Gasteiger partial charge < -0.3 is 0 Å². The number of hydrogen-bond acceptors (Lipinski definition) is 1. The van der Waals surface area contributed by atoms with Gasteiger partial charge in [0.25, 0.3) is 5.56 Å². The molecule has 0 saturated carbocycles. The van der Waals surface area contributed by atoms with Crippen molar-refractivity contribution in [2.75, 3.05) is 0 Å². The molecule has 3 aromatic rings. The van der Waals surface area contributed by atoms with Gasteiger partial charge >= 0.3 is 0 Å². The van der Waals surface area contributed by atoms with Gasteiger partial charge in [0.2, 0.25) is 0 Å². The Bertz CT molecular complexity index is 847. The summed E-state index contributed by atoms with van der Waals surface area (Å²) in [7, 11) is 0. The third kappa shape index (κ3) is 3.04. The van der Waals surface area contributed by atoms with E-state index in [0.717, 1.165) is 33.3 Å². The summed E-state index contributed by atoms with van der Waals surface area (Å²) < 4.78 is 2.76. The predicted octanol–water partition coefficient (Wildman–Crippen LogP) is 4.78. The maximum Gasteiger partial charge on any atom is 0.275 e. The zero-order chi connectivity index (χ0) is 16.4. The van der Waals surface area contributed by atoms with E-state index in [0.29, 0.717) is 0 Å². The van der Waals surface area contributed by atoms with Crippen molar-refractivity contribution in [1.29, 1.82) is 0 Å². The van der Waals surface area contributed by atoms with Crippen molar-refractivity contribution < 1.29 is 0 Å². The van der Waals surface area contributed by atoms with Crippen molar-refractivity contribution >= 4 is 15.9 Å². The Hall–Kier alpha value is -2.07. The largest absolute Gasteiger partial charge is 0.299 e. The molecule has 0 aliphatic carbocycles. The highest BCUT2D eigenvalue weighted by molar-refractivity contribution is 9.10. The van der Waals surface area contributed by atoms with E-state index in [1.54, 1.807) is 4.68 Å². The van der Waals surface area contributed by atoms with Crippen LogP contribution in [0.15, 0.2) is 63.9 Å². The summed E-state index contributed by atoms with van der Waals surface area (Å²) in [5, 5.41) is 3.30. The van der Waals surface area contributed by atoms with Crippen molar-refractivity contribution in [2.24, 2.45) is 0 Å². The van der Waals surface area contributed by atoms with Gasteiger partial charge in [0.15, 0.2) is 0 Å². The standard InChI is InChI=1S/C19H19BrN2O/c1-3-17-18(15-7-5-4-6-8-15)19(23)22(21-17)13(2)14-9-11-16(20)12-10-14/h4-13,21H,3H2,1-2H3. The molecule has 3 nitrogen and oxygen atoms in total. The van der Waals surface area contributed by atoms with Crippen LogP contribution in [0.4, 0.5) is 0 Å². The molecule has 3 rings (SSSR count). The number of aryl methyl sites for hydroxylation is 1. The predicted molar refractivity (Wildman–Crippen MR) is 97.8 cm³/mol. The van der Waals surface area contributed by atoms with E-state index in [2.05, 4.69) is 28.0 Å². The molecule has 23 heavy (non-hydrogen) atoms. The highest BCUT2D eigenvalue weighted by Crippen LogP contribution is 2.23. The molecule has 0 saturated heterocycles. The highest BCUT2D eigenvalue weighted by Gasteiger charge is 2.18. The molecular formula is C19H19BrN2O. The summed E-state index contributed by atoms with van der Waals surface area (Å²) in [5.41, 5.74) is 3.84. The van der Waals surface area contributed by atoms with E-state index in [1.165, 1.54) is 0 Å². The quantitative estimate of drug-likeness (QED) is 0.704. The van der Waals surface area contributed by atoms with Crippen LogP contribution in [0.2, 0.25) is 0 Å². The summed E-state index contributed by atoms with van der Waals surface area (Å²) >= 11 is 3.45. The molecule has 0 aliphatic heterocycles. The topological polar surface area (TPSA) is 37.8 Å². The fourth-order valence-corrected chi connectivity index (χ4v) is 3.09. The zero-order valence-corrected chi connectivity index (χ0v) is 14.8. The van der Waals surface area contributed by atoms with Gasteiger partial charge in [-0.15, -0.1) is 0 Å². The molecule has 0 fully saturated rings.